The Morgan fingerprint density at radius 2 is 2.07 bits per heavy atom. The lowest BCUT2D eigenvalue weighted by molar-refractivity contribution is 0.550. The maximum absolute atomic E-state index is 5.80. The molecule has 0 bridgehead atoms. The molecule has 0 saturated heterocycles. The van der Waals surface area contributed by atoms with Crippen LogP contribution in [0.5, 0.6) is 0 Å². The second-order valence-corrected chi connectivity index (χ2v) is 5.99. The van der Waals surface area contributed by atoms with Crippen LogP contribution >= 0.6 is 11.3 Å². The third-order valence-corrected chi connectivity index (χ3v) is 4.78. The Morgan fingerprint density at radius 1 is 1.36 bits per heavy atom. The predicted molar refractivity (Wildman–Crippen MR) is 63.0 cm³/mol. The molecule has 0 unspecified atom stereocenters. The fraction of sp³-hybridized carbons (Fsp3) is 0.667. The summed E-state index contributed by atoms with van der Waals surface area (Å²) in [5.41, 5.74) is 7.57. The van der Waals surface area contributed by atoms with Gasteiger partial charge >= 0.3 is 0 Å². The zero-order valence-electron chi connectivity index (χ0n) is 9.10. The Hall–Kier alpha value is -0.340. The zero-order chi connectivity index (χ0) is 10.2. The quantitative estimate of drug-likeness (QED) is 0.796. The van der Waals surface area contributed by atoms with Gasteiger partial charge in [0, 0.05) is 21.7 Å². The van der Waals surface area contributed by atoms with E-state index in [0.717, 1.165) is 6.54 Å². The first kappa shape index (κ1) is 10.2. The minimum absolute atomic E-state index is 0.169. The molecule has 1 aromatic rings. The highest BCUT2D eigenvalue weighted by Gasteiger charge is 2.23. The molecule has 0 amide bonds. The van der Waals surface area contributed by atoms with E-state index in [-0.39, 0.29) is 5.41 Å². The highest BCUT2D eigenvalue weighted by molar-refractivity contribution is 7.12. The normalized spacial score (nSPS) is 16.8. The zero-order valence-corrected chi connectivity index (χ0v) is 9.91. The fourth-order valence-corrected chi connectivity index (χ4v) is 3.29. The van der Waals surface area contributed by atoms with Crippen molar-refractivity contribution in [3.05, 3.63) is 21.4 Å². The summed E-state index contributed by atoms with van der Waals surface area (Å²) in [5.74, 6) is 0. The average molecular weight is 209 g/mol. The summed E-state index contributed by atoms with van der Waals surface area (Å²) in [4.78, 5) is 3.10. The smallest absolute Gasteiger partial charge is 0.0120 e. The largest absolute Gasteiger partial charge is 0.330 e. The van der Waals surface area contributed by atoms with Crippen LogP contribution in [0.25, 0.3) is 0 Å². The molecule has 1 nitrogen and oxygen atoms in total. The molecule has 0 saturated carbocycles. The second-order valence-electron chi connectivity index (χ2n) is 4.85. The van der Waals surface area contributed by atoms with Crippen LogP contribution in [0.15, 0.2) is 6.07 Å². The van der Waals surface area contributed by atoms with Gasteiger partial charge in [0.05, 0.1) is 0 Å². The Morgan fingerprint density at radius 3 is 2.71 bits per heavy atom. The molecule has 1 aromatic heterocycles. The van der Waals surface area contributed by atoms with Gasteiger partial charge in [0.1, 0.15) is 0 Å². The van der Waals surface area contributed by atoms with Crippen molar-refractivity contribution in [2.24, 2.45) is 5.73 Å². The fourth-order valence-electron chi connectivity index (χ4n) is 1.92. The molecule has 0 radical (unpaired) electrons. The van der Waals surface area contributed by atoms with Crippen LogP contribution in [0, 0.1) is 0 Å². The van der Waals surface area contributed by atoms with Gasteiger partial charge in [-0.2, -0.15) is 0 Å². The molecular formula is C12H19NS. The van der Waals surface area contributed by atoms with E-state index in [1.807, 2.05) is 11.3 Å². The van der Waals surface area contributed by atoms with Gasteiger partial charge < -0.3 is 5.73 Å². The second kappa shape index (κ2) is 3.67. The summed E-state index contributed by atoms with van der Waals surface area (Å²) >= 11 is 1.99. The number of hydrogen-bond donors (Lipinski definition) is 1. The van der Waals surface area contributed by atoms with Crippen molar-refractivity contribution in [1.82, 2.24) is 0 Å². The van der Waals surface area contributed by atoms with E-state index in [4.69, 9.17) is 5.73 Å². The van der Waals surface area contributed by atoms with Gasteiger partial charge in [0.15, 0.2) is 0 Å². The van der Waals surface area contributed by atoms with Gasteiger partial charge in [-0.15, -0.1) is 11.3 Å². The van der Waals surface area contributed by atoms with Crippen LogP contribution < -0.4 is 5.73 Å². The van der Waals surface area contributed by atoms with Crippen molar-refractivity contribution < 1.29 is 0 Å². The van der Waals surface area contributed by atoms with Gasteiger partial charge in [-0.05, 0) is 37.3 Å². The van der Waals surface area contributed by atoms with Crippen molar-refractivity contribution in [2.75, 3.05) is 6.54 Å². The molecule has 0 aliphatic heterocycles. The number of thiophene rings is 1. The summed E-state index contributed by atoms with van der Waals surface area (Å²) < 4.78 is 0. The van der Waals surface area contributed by atoms with E-state index in [0.29, 0.717) is 0 Å². The van der Waals surface area contributed by atoms with Crippen molar-refractivity contribution in [3.8, 4) is 0 Å². The average Bonchev–Trinajstić information content (AvgIpc) is 2.61. The van der Waals surface area contributed by atoms with Gasteiger partial charge in [-0.25, -0.2) is 0 Å². The number of nitrogens with two attached hydrogens (primary N) is 1. The SMILES string of the molecule is CC(C)(CN)c1cc2c(s1)CCCC2. The van der Waals surface area contributed by atoms with Crippen LogP contribution in [0.2, 0.25) is 0 Å². The Balaban J connectivity index is 2.32. The topological polar surface area (TPSA) is 26.0 Å². The molecule has 1 aliphatic rings. The first-order valence-corrected chi connectivity index (χ1v) is 6.27. The van der Waals surface area contributed by atoms with Gasteiger partial charge in [-0.3, -0.25) is 0 Å². The highest BCUT2D eigenvalue weighted by Crippen LogP contribution is 2.35. The molecule has 0 fully saturated rings. The molecule has 2 N–H and O–H groups in total. The third kappa shape index (κ3) is 1.73. The lowest BCUT2D eigenvalue weighted by Crippen LogP contribution is -2.26. The molecule has 0 atom stereocenters. The third-order valence-electron chi connectivity index (χ3n) is 3.17. The van der Waals surface area contributed by atoms with Gasteiger partial charge in [0.2, 0.25) is 0 Å². The molecule has 2 heteroatoms. The number of fused-ring (bicyclic) bond motifs is 1. The highest BCUT2D eigenvalue weighted by atomic mass is 32.1. The van der Waals surface area contributed by atoms with E-state index < -0.39 is 0 Å². The van der Waals surface area contributed by atoms with Gasteiger partial charge in [-0.1, -0.05) is 13.8 Å². The van der Waals surface area contributed by atoms with Crippen LogP contribution in [-0.4, -0.2) is 6.54 Å². The summed E-state index contributed by atoms with van der Waals surface area (Å²) in [6.07, 6.45) is 5.31. The monoisotopic (exact) mass is 209 g/mol. The van der Waals surface area contributed by atoms with E-state index in [2.05, 4.69) is 19.9 Å². The lowest BCUT2D eigenvalue weighted by Gasteiger charge is -2.20. The first-order valence-electron chi connectivity index (χ1n) is 5.45. The van der Waals surface area contributed by atoms with E-state index in [9.17, 15) is 0 Å². The Labute approximate surface area is 90.3 Å². The summed E-state index contributed by atoms with van der Waals surface area (Å²) in [6, 6.07) is 2.39. The minimum Gasteiger partial charge on any atom is -0.330 e. The van der Waals surface area contributed by atoms with Crippen molar-refractivity contribution in [1.29, 1.82) is 0 Å². The van der Waals surface area contributed by atoms with Crippen molar-refractivity contribution in [2.45, 2.75) is 44.9 Å². The van der Waals surface area contributed by atoms with Crippen molar-refractivity contribution in [3.63, 3.8) is 0 Å². The first-order chi connectivity index (χ1) is 6.63. The van der Waals surface area contributed by atoms with Gasteiger partial charge in [0.25, 0.3) is 0 Å². The lowest BCUT2D eigenvalue weighted by atomic mass is 9.90. The molecule has 0 spiro atoms. The van der Waals surface area contributed by atoms with Crippen LogP contribution in [0.3, 0.4) is 0 Å². The Kier molecular flexibility index (Phi) is 2.67. The van der Waals surface area contributed by atoms with E-state index >= 15 is 0 Å². The minimum atomic E-state index is 0.169. The predicted octanol–water partition coefficient (Wildman–Crippen LogP) is 2.86. The van der Waals surface area contributed by atoms with Crippen LogP contribution in [0.1, 0.15) is 42.0 Å². The number of aryl methyl sites for hydroxylation is 2. The Bertz CT molecular complexity index is 302. The van der Waals surface area contributed by atoms with Crippen LogP contribution in [-0.2, 0) is 18.3 Å². The molecule has 1 heterocycles. The number of rotatable bonds is 2. The summed E-state index contributed by atoms with van der Waals surface area (Å²) in [5, 5.41) is 0. The molecule has 2 rings (SSSR count). The summed E-state index contributed by atoms with van der Waals surface area (Å²) in [7, 11) is 0. The van der Waals surface area contributed by atoms with E-state index in [1.165, 1.54) is 30.6 Å². The molecule has 1 aliphatic carbocycles. The van der Waals surface area contributed by atoms with Crippen molar-refractivity contribution >= 4 is 11.3 Å². The summed E-state index contributed by atoms with van der Waals surface area (Å²) in [6.45, 7) is 5.22. The number of hydrogen-bond acceptors (Lipinski definition) is 2. The molecular weight excluding hydrogens is 190 g/mol. The molecule has 0 aromatic carbocycles. The molecule has 14 heavy (non-hydrogen) atoms. The standard InChI is InChI=1S/C12H19NS/c1-12(2,8-13)11-7-9-5-3-4-6-10(9)14-11/h7H,3-6,8,13H2,1-2H3. The maximum atomic E-state index is 5.80. The molecule has 78 valence electrons. The van der Waals surface area contributed by atoms with E-state index in [1.54, 1.807) is 10.4 Å². The van der Waals surface area contributed by atoms with Crippen LogP contribution in [0.4, 0.5) is 0 Å². The maximum Gasteiger partial charge on any atom is 0.0120 e.